The van der Waals surface area contributed by atoms with Gasteiger partial charge < -0.3 is 9.84 Å². The molecule has 0 amide bonds. The lowest BCUT2D eigenvalue weighted by molar-refractivity contribution is -0.147. The van der Waals surface area contributed by atoms with E-state index in [0.29, 0.717) is 13.1 Å². The lowest BCUT2D eigenvalue weighted by Gasteiger charge is -2.36. The van der Waals surface area contributed by atoms with Crippen molar-refractivity contribution in [2.45, 2.75) is 13.5 Å². The van der Waals surface area contributed by atoms with Gasteiger partial charge in [-0.05, 0) is 55.0 Å². The van der Waals surface area contributed by atoms with Crippen molar-refractivity contribution in [3.05, 3.63) is 83.6 Å². The zero-order valence-corrected chi connectivity index (χ0v) is 18.5. The van der Waals surface area contributed by atoms with Gasteiger partial charge in [0.1, 0.15) is 22.8 Å². The summed E-state index contributed by atoms with van der Waals surface area (Å²) in [7, 11) is 0. The Balaban J connectivity index is 1.26. The molecule has 0 bridgehead atoms. The number of imidazole rings is 1. The SMILES string of the molecule is Cc1cc(-n2cnc(-c3ccc(Oc4ccccc4)cc3)c2)sc1CN1CC(C(=O)O)C1. The molecule has 0 saturated carbocycles. The van der Waals surface area contributed by atoms with Crippen LogP contribution in [0.25, 0.3) is 16.3 Å². The molecule has 1 aliphatic rings. The van der Waals surface area contributed by atoms with E-state index < -0.39 is 5.97 Å². The molecule has 5 rings (SSSR count). The summed E-state index contributed by atoms with van der Waals surface area (Å²) in [6.45, 7) is 4.15. The summed E-state index contributed by atoms with van der Waals surface area (Å²) in [6, 6.07) is 19.8. The van der Waals surface area contributed by atoms with E-state index >= 15 is 0 Å². The number of hydrogen-bond donors (Lipinski definition) is 1. The van der Waals surface area contributed by atoms with Gasteiger partial charge in [0, 0.05) is 36.3 Å². The molecule has 1 fully saturated rings. The first kappa shape index (κ1) is 20.5. The van der Waals surface area contributed by atoms with Crippen LogP contribution >= 0.6 is 11.3 Å². The first-order chi connectivity index (χ1) is 15.5. The molecule has 1 saturated heterocycles. The molecule has 0 unspecified atom stereocenters. The summed E-state index contributed by atoms with van der Waals surface area (Å²) in [4.78, 5) is 19.0. The molecule has 0 spiro atoms. The Labute approximate surface area is 190 Å². The van der Waals surface area contributed by atoms with Gasteiger partial charge in [-0.3, -0.25) is 14.3 Å². The summed E-state index contributed by atoms with van der Waals surface area (Å²) in [5.74, 6) is 0.671. The van der Waals surface area contributed by atoms with E-state index in [2.05, 4.69) is 22.9 Å². The highest BCUT2D eigenvalue weighted by Gasteiger charge is 2.32. The van der Waals surface area contributed by atoms with Gasteiger partial charge in [-0.15, -0.1) is 11.3 Å². The average molecular weight is 446 g/mol. The number of rotatable bonds is 7. The number of nitrogens with zero attached hydrogens (tertiary/aromatic N) is 3. The first-order valence-electron chi connectivity index (χ1n) is 10.5. The normalized spacial score (nSPS) is 14.3. The average Bonchev–Trinajstić information content (AvgIpc) is 3.38. The van der Waals surface area contributed by atoms with Crippen molar-refractivity contribution in [3.63, 3.8) is 0 Å². The van der Waals surface area contributed by atoms with Gasteiger partial charge in [0.25, 0.3) is 0 Å². The summed E-state index contributed by atoms with van der Waals surface area (Å²) in [6.07, 6.45) is 3.87. The van der Waals surface area contributed by atoms with Crippen molar-refractivity contribution in [2.24, 2.45) is 5.92 Å². The van der Waals surface area contributed by atoms with Gasteiger partial charge in [0.2, 0.25) is 0 Å². The standard InChI is InChI=1S/C25H23N3O3S/c1-17-11-24(32-23(17)15-27-12-19(13-27)25(29)30)28-14-22(26-16-28)18-7-9-21(10-8-18)31-20-5-3-2-4-6-20/h2-11,14,16,19H,12-13,15H2,1H3,(H,29,30). The number of thiophene rings is 1. The van der Waals surface area contributed by atoms with E-state index in [9.17, 15) is 4.79 Å². The maximum absolute atomic E-state index is 11.0. The van der Waals surface area contributed by atoms with Crippen LogP contribution in [0.1, 0.15) is 10.4 Å². The van der Waals surface area contributed by atoms with Gasteiger partial charge in [-0.25, -0.2) is 4.98 Å². The van der Waals surface area contributed by atoms with E-state index in [0.717, 1.165) is 34.3 Å². The highest BCUT2D eigenvalue weighted by molar-refractivity contribution is 7.14. The number of carboxylic acids is 1. The second-order valence-corrected chi connectivity index (χ2v) is 9.14. The topological polar surface area (TPSA) is 67.6 Å². The molecule has 32 heavy (non-hydrogen) atoms. The molecule has 7 heteroatoms. The Morgan fingerprint density at radius 2 is 1.84 bits per heavy atom. The Hall–Kier alpha value is -3.42. The highest BCUT2D eigenvalue weighted by atomic mass is 32.1. The fraction of sp³-hybridized carbons (Fsp3) is 0.200. The van der Waals surface area contributed by atoms with Crippen LogP contribution in [0.15, 0.2) is 73.2 Å². The molecular formula is C25H23N3O3S. The van der Waals surface area contributed by atoms with Crippen LogP contribution in [0, 0.1) is 12.8 Å². The van der Waals surface area contributed by atoms with Crippen molar-refractivity contribution >= 4 is 17.3 Å². The van der Waals surface area contributed by atoms with Crippen molar-refractivity contribution in [3.8, 4) is 27.8 Å². The smallest absolute Gasteiger partial charge is 0.309 e. The third kappa shape index (κ3) is 4.30. The van der Waals surface area contributed by atoms with Crippen LogP contribution in [-0.4, -0.2) is 38.6 Å². The number of aliphatic carboxylic acids is 1. The number of para-hydroxylation sites is 1. The van der Waals surface area contributed by atoms with Crippen LogP contribution in [0.2, 0.25) is 0 Å². The van der Waals surface area contributed by atoms with Crippen molar-refractivity contribution in [1.29, 1.82) is 0 Å². The molecule has 1 N–H and O–H groups in total. The molecule has 1 aliphatic heterocycles. The summed E-state index contributed by atoms with van der Waals surface area (Å²) < 4.78 is 7.91. The Kier molecular flexibility index (Phi) is 5.51. The second kappa shape index (κ2) is 8.61. The maximum atomic E-state index is 11.0. The lowest BCUT2D eigenvalue weighted by Crippen LogP contribution is -2.49. The molecule has 2 aromatic heterocycles. The van der Waals surface area contributed by atoms with Crippen LogP contribution < -0.4 is 4.74 Å². The van der Waals surface area contributed by atoms with Gasteiger partial charge >= 0.3 is 5.97 Å². The van der Waals surface area contributed by atoms with Gasteiger partial charge in [-0.2, -0.15) is 0 Å². The number of carboxylic acid groups (broad SMARTS) is 1. The number of aromatic nitrogens is 2. The Morgan fingerprint density at radius 1 is 1.12 bits per heavy atom. The minimum absolute atomic E-state index is 0.226. The predicted octanol–water partition coefficient (Wildman–Crippen LogP) is 5.22. The van der Waals surface area contributed by atoms with Crippen LogP contribution in [0.3, 0.4) is 0 Å². The molecule has 6 nitrogen and oxygen atoms in total. The third-order valence-electron chi connectivity index (χ3n) is 5.65. The lowest BCUT2D eigenvalue weighted by atomic mass is 10.0. The molecule has 0 atom stereocenters. The number of ether oxygens (including phenoxy) is 1. The molecule has 2 aromatic carbocycles. The number of hydrogen-bond acceptors (Lipinski definition) is 5. The summed E-state index contributed by atoms with van der Waals surface area (Å²) >= 11 is 1.73. The van der Waals surface area contributed by atoms with Gasteiger partial charge in [0.05, 0.1) is 11.6 Å². The Bertz CT molecular complexity index is 1230. The minimum Gasteiger partial charge on any atom is -0.481 e. The second-order valence-electron chi connectivity index (χ2n) is 8.03. The van der Waals surface area contributed by atoms with Crippen LogP contribution in [-0.2, 0) is 11.3 Å². The van der Waals surface area contributed by atoms with Crippen LogP contribution in [0.4, 0.5) is 0 Å². The number of benzene rings is 2. The first-order valence-corrected chi connectivity index (χ1v) is 11.3. The minimum atomic E-state index is -0.699. The van der Waals surface area contributed by atoms with E-state index in [1.165, 1.54) is 10.4 Å². The quantitative estimate of drug-likeness (QED) is 0.423. The number of likely N-dealkylation sites (tertiary alicyclic amines) is 1. The largest absolute Gasteiger partial charge is 0.481 e. The number of carbonyl (C=O) groups is 1. The van der Waals surface area contributed by atoms with E-state index in [4.69, 9.17) is 9.84 Å². The van der Waals surface area contributed by atoms with E-state index in [1.54, 1.807) is 11.3 Å². The summed E-state index contributed by atoms with van der Waals surface area (Å²) in [5.41, 5.74) is 3.15. The molecule has 3 heterocycles. The van der Waals surface area contributed by atoms with E-state index in [1.807, 2.05) is 71.7 Å². The third-order valence-corrected chi connectivity index (χ3v) is 6.88. The van der Waals surface area contributed by atoms with E-state index in [-0.39, 0.29) is 5.92 Å². The zero-order chi connectivity index (χ0) is 22.1. The fourth-order valence-electron chi connectivity index (χ4n) is 3.76. The molecule has 4 aromatic rings. The monoisotopic (exact) mass is 445 g/mol. The number of aryl methyl sites for hydroxylation is 1. The molecule has 162 valence electrons. The van der Waals surface area contributed by atoms with Gasteiger partial charge in [-0.1, -0.05) is 18.2 Å². The highest BCUT2D eigenvalue weighted by Crippen LogP contribution is 2.31. The predicted molar refractivity (Wildman–Crippen MR) is 125 cm³/mol. The maximum Gasteiger partial charge on any atom is 0.309 e. The van der Waals surface area contributed by atoms with Gasteiger partial charge in [0.15, 0.2) is 0 Å². The Morgan fingerprint density at radius 3 is 2.56 bits per heavy atom. The van der Waals surface area contributed by atoms with Crippen molar-refractivity contribution < 1.29 is 14.6 Å². The van der Waals surface area contributed by atoms with Crippen LogP contribution in [0.5, 0.6) is 11.5 Å². The fourth-order valence-corrected chi connectivity index (χ4v) is 4.92. The van der Waals surface area contributed by atoms with Crippen molar-refractivity contribution in [1.82, 2.24) is 14.5 Å². The zero-order valence-electron chi connectivity index (χ0n) is 17.6. The van der Waals surface area contributed by atoms with Crippen molar-refractivity contribution in [2.75, 3.05) is 13.1 Å². The summed E-state index contributed by atoms with van der Waals surface area (Å²) in [5, 5.41) is 10.2. The molecule has 0 aliphatic carbocycles. The molecular weight excluding hydrogens is 422 g/mol. The molecule has 0 radical (unpaired) electrons.